The zero-order chi connectivity index (χ0) is 10.7. The molecular formula is C10H12ClNO3. The van der Waals surface area contributed by atoms with Crippen LogP contribution in [0.25, 0.3) is 0 Å². The zero-order valence-corrected chi connectivity index (χ0v) is 9.25. The minimum Gasteiger partial charge on any atom is -0.478 e. The molecule has 0 aromatic heterocycles. The fraction of sp³-hybridized carbons (Fsp3) is 0.200. The molecule has 5 heteroatoms. The van der Waals surface area contributed by atoms with Crippen LogP contribution in [0.4, 0.5) is 5.69 Å². The van der Waals surface area contributed by atoms with Crippen molar-refractivity contribution in [1.82, 2.24) is 0 Å². The van der Waals surface area contributed by atoms with Gasteiger partial charge in [-0.2, -0.15) is 0 Å². The van der Waals surface area contributed by atoms with E-state index in [4.69, 9.17) is 5.11 Å². The molecule has 0 fully saturated rings. The lowest BCUT2D eigenvalue weighted by atomic mass is 10.1. The summed E-state index contributed by atoms with van der Waals surface area (Å²) in [5.41, 5.74) is 1.22. The molecule has 0 aliphatic rings. The van der Waals surface area contributed by atoms with Gasteiger partial charge in [-0.05, 0) is 18.2 Å². The number of carbonyl (C=O) groups excluding carboxylic acids is 1. The monoisotopic (exact) mass is 229 g/mol. The molecule has 1 rings (SSSR count). The molecule has 0 atom stereocenters. The average Bonchev–Trinajstić information content (AvgIpc) is 2.16. The lowest BCUT2D eigenvalue weighted by molar-refractivity contribution is 0.0697. The molecule has 0 heterocycles. The Hall–Kier alpha value is -1.55. The Kier molecular flexibility index (Phi) is 4.81. The minimum absolute atomic E-state index is 0. The normalized spacial score (nSPS) is 8.93. The highest BCUT2D eigenvalue weighted by molar-refractivity contribution is 5.93. The number of carboxylic acid groups (broad SMARTS) is 1. The topological polar surface area (TPSA) is 57.6 Å². The van der Waals surface area contributed by atoms with Gasteiger partial charge in [0, 0.05) is 25.3 Å². The molecule has 1 aromatic rings. The van der Waals surface area contributed by atoms with E-state index >= 15 is 0 Å². The van der Waals surface area contributed by atoms with Crippen molar-refractivity contribution in [2.45, 2.75) is 0 Å². The van der Waals surface area contributed by atoms with E-state index < -0.39 is 5.97 Å². The van der Waals surface area contributed by atoms with Gasteiger partial charge in [-0.25, -0.2) is 4.79 Å². The number of carboxylic acids is 1. The minimum atomic E-state index is -1.03. The van der Waals surface area contributed by atoms with Gasteiger partial charge in [-0.3, -0.25) is 4.79 Å². The van der Waals surface area contributed by atoms with Crippen molar-refractivity contribution in [3.8, 4) is 0 Å². The summed E-state index contributed by atoms with van der Waals surface area (Å²) >= 11 is 0. The van der Waals surface area contributed by atoms with Crippen molar-refractivity contribution in [2.75, 3.05) is 19.0 Å². The molecule has 0 radical (unpaired) electrons. The average molecular weight is 230 g/mol. The Labute approximate surface area is 93.9 Å². The smallest absolute Gasteiger partial charge is 0.335 e. The molecule has 0 saturated heterocycles. The Morgan fingerprint density at radius 3 is 2.40 bits per heavy atom. The van der Waals surface area contributed by atoms with Gasteiger partial charge in [0.25, 0.3) is 0 Å². The van der Waals surface area contributed by atoms with Gasteiger partial charge in [0.1, 0.15) is 0 Å². The first kappa shape index (κ1) is 13.5. The van der Waals surface area contributed by atoms with E-state index in [2.05, 4.69) is 0 Å². The molecule has 15 heavy (non-hydrogen) atoms. The van der Waals surface area contributed by atoms with Crippen molar-refractivity contribution >= 4 is 30.3 Å². The van der Waals surface area contributed by atoms with Gasteiger partial charge >= 0.3 is 5.97 Å². The lowest BCUT2D eigenvalue weighted by Gasteiger charge is -2.14. The van der Waals surface area contributed by atoms with Crippen LogP contribution in [0.2, 0.25) is 0 Å². The van der Waals surface area contributed by atoms with Crippen molar-refractivity contribution in [1.29, 1.82) is 0 Å². The summed E-state index contributed by atoms with van der Waals surface area (Å²) in [6.07, 6.45) is 0.655. The second kappa shape index (κ2) is 5.36. The zero-order valence-electron chi connectivity index (χ0n) is 8.43. The highest BCUT2D eigenvalue weighted by Gasteiger charge is 2.08. The summed E-state index contributed by atoms with van der Waals surface area (Å²) < 4.78 is 0. The first-order valence-corrected chi connectivity index (χ1v) is 4.06. The summed E-state index contributed by atoms with van der Waals surface area (Å²) in [4.78, 5) is 23.1. The van der Waals surface area contributed by atoms with Gasteiger partial charge in [-0.15, -0.1) is 12.4 Å². The predicted octanol–water partition coefficient (Wildman–Crippen LogP) is 1.69. The van der Waals surface area contributed by atoms with E-state index in [1.165, 1.54) is 12.1 Å². The number of rotatable bonds is 3. The third-order valence-electron chi connectivity index (χ3n) is 1.88. The first-order chi connectivity index (χ1) is 6.56. The van der Waals surface area contributed by atoms with E-state index in [0.717, 1.165) is 0 Å². The van der Waals surface area contributed by atoms with Gasteiger partial charge in [0.2, 0.25) is 0 Å². The third-order valence-corrected chi connectivity index (χ3v) is 1.88. The number of hydrogen-bond donors (Lipinski definition) is 1. The van der Waals surface area contributed by atoms with E-state index in [9.17, 15) is 9.59 Å². The maximum atomic E-state index is 10.7. The second-order valence-corrected chi connectivity index (χ2v) is 3.09. The third kappa shape index (κ3) is 2.95. The highest BCUT2D eigenvalue weighted by atomic mass is 35.5. The number of halogens is 1. The van der Waals surface area contributed by atoms with E-state index in [0.29, 0.717) is 17.5 Å². The predicted molar refractivity (Wildman–Crippen MR) is 60.4 cm³/mol. The summed E-state index contributed by atoms with van der Waals surface area (Å²) in [5, 5.41) is 8.70. The Bertz CT molecular complexity index is 377. The number of anilines is 1. The fourth-order valence-electron chi connectivity index (χ4n) is 1.19. The largest absolute Gasteiger partial charge is 0.478 e. The second-order valence-electron chi connectivity index (χ2n) is 3.09. The van der Waals surface area contributed by atoms with Crippen molar-refractivity contribution in [3.05, 3.63) is 29.3 Å². The Morgan fingerprint density at radius 1 is 1.40 bits per heavy atom. The maximum Gasteiger partial charge on any atom is 0.335 e. The molecule has 0 spiro atoms. The number of hydrogen-bond acceptors (Lipinski definition) is 3. The maximum absolute atomic E-state index is 10.7. The number of carbonyl (C=O) groups is 2. The molecule has 0 unspecified atom stereocenters. The summed E-state index contributed by atoms with van der Waals surface area (Å²) in [6, 6.07) is 4.46. The Balaban J connectivity index is 0.00000196. The van der Waals surface area contributed by atoms with Crippen LogP contribution in [0.1, 0.15) is 20.7 Å². The first-order valence-electron chi connectivity index (χ1n) is 4.06. The van der Waals surface area contributed by atoms with Crippen LogP contribution in [-0.4, -0.2) is 31.5 Å². The van der Waals surface area contributed by atoms with Crippen LogP contribution >= 0.6 is 12.4 Å². The molecular weight excluding hydrogens is 218 g/mol. The molecule has 0 saturated carbocycles. The van der Waals surface area contributed by atoms with Gasteiger partial charge in [-0.1, -0.05) is 0 Å². The number of aromatic carboxylic acids is 1. The molecule has 4 nitrogen and oxygen atoms in total. The molecule has 1 N–H and O–H groups in total. The highest BCUT2D eigenvalue weighted by Crippen LogP contribution is 2.18. The molecule has 1 aromatic carbocycles. The number of benzene rings is 1. The summed E-state index contributed by atoms with van der Waals surface area (Å²) in [5.74, 6) is -1.03. The van der Waals surface area contributed by atoms with Crippen LogP contribution in [-0.2, 0) is 0 Å². The molecule has 0 amide bonds. The Morgan fingerprint density at radius 2 is 2.00 bits per heavy atom. The van der Waals surface area contributed by atoms with Crippen LogP contribution in [0.5, 0.6) is 0 Å². The van der Waals surface area contributed by atoms with E-state index in [-0.39, 0.29) is 18.0 Å². The van der Waals surface area contributed by atoms with E-state index in [1.54, 1.807) is 25.1 Å². The molecule has 82 valence electrons. The quantitative estimate of drug-likeness (QED) is 0.802. The number of aldehydes is 1. The summed E-state index contributed by atoms with van der Waals surface area (Å²) in [6.45, 7) is 0. The lowest BCUT2D eigenvalue weighted by Crippen LogP contribution is -2.12. The van der Waals surface area contributed by atoms with Crippen molar-refractivity contribution in [2.24, 2.45) is 0 Å². The van der Waals surface area contributed by atoms with Gasteiger partial charge in [0.05, 0.1) is 5.56 Å². The number of nitrogens with zero attached hydrogens (tertiary/aromatic N) is 1. The van der Waals surface area contributed by atoms with Crippen LogP contribution in [0.3, 0.4) is 0 Å². The van der Waals surface area contributed by atoms with Crippen LogP contribution < -0.4 is 4.90 Å². The van der Waals surface area contributed by atoms with Gasteiger partial charge in [0.15, 0.2) is 6.29 Å². The molecule has 0 bridgehead atoms. The molecule has 0 aliphatic heterocycles. The van der Waals surface area contributed by atoms with Crippen molar-refractivity contribution < 1.29 is 14.7 Å². The molecule has 0 aliphatic carbocycles. The van der Waals surface area contributed by atoms with Crippen molar-refractivity contribution in [3.63, 3.8) is 0 Å². The fourth-order valence-corrected chi connectivity index (χ4v) is 1.19. The van der Waals surface area contributed by atoms with Gasteiger partial charge < -0.3 is 10.0 Å². The van der Waals surface area contributed by atoms with Crippen LogP contribution in [0, 0.1) is 0 Å². The standard InChI is InChI=1S/C10H11NO3.ClH/c1-11(2)9-4-3-7(10(13)14)5-8(9)6-12;/h3-6H,1-2H3,(H,13,14);1H. The summed E-state index contributed by atoms with van der Waals surface area (Å²) in [7, 11) is 3.59. The van der Waals surface area contributed by atoms with E-state index in [1.807, 2.05) is 0 Å². The van der Waals surface area contributed by atoms with Crippen LogP contribution in [0.15, 0.2) is 18.2 Å². The SMILES string of the molecule is CN(C)c1ccc(C(=O)O)cc1C=O.Cl.